The normalized spacial score (nSPS) is 10.8. The van der Waals surface area contributed by atoms with Gasteiger partial charge in [-0.1, -0.05) is 24.3 Å². The zero-order valence-electron chi connectivity index (χ0n) is 17.9. The summed E-state index contributed by atoms with van der Waals surface area (Å²) in [5, 5.41) is 19.8. The summed E-state index contributed by atoms with van der Waals surface area (Å²) in [6.07, 6.45) is 0.769. The van der Waals surface area contributed by atoms with Crippen LogP contribution in [-0.2, 0) is 6.42 Å². The Balaban J connectivity index is 1.45. The molecule has 4 rings (SSSR count). The fraction of sp³-hybridized carbons (Fsp3) is 0.227. The molecule has 8 nitrogen and oxygen atoms in total. The standard InChI is InChI=1S/C22H22N6O2S2/c1-4-18-25-26-22-28(18)27-20(32-22)15-9-10-17(13(3)11-15)23-21(31)24-19(29)14-7-6-8-16(12-14)30-5-2/h6-12H,4-5H2,1-3H3,(H2,23,24,29,31). The van der Waals surface area contributed by atoms with E-state index in [-0.39, 0.29) is 11.0 Å². The zero-order valence-corrected chi connectivity index (χ0v) is 19.5. The summed E-state index contributed by atoms with van der Waals surface area (Å²) in [7, 11) is 0. The number of nitrogens with one attached hydrogen (secondary N) is 2. The lowest BCUT2D eigenvalue weighted by molar-refractivity contribution is 0.0977. The molecule has 2 N–H and O–H groups in total. The zero-order chi connectivity index (χ0) is 22.7. The third-order valence-corrected chi connectivity index (χ3v) is 5.88. The molecule has 2 heterocycles. The number of aromatic nitrogens is 4. The summed E-state index contributed by atoms with van der Waals surface area (Å²) < 4.78 is 7.23. The number of fused-ring (bicyclic) bond motifs is 1. The molecule has 0 saturated carbocycles. The highest BCUT2D eigenvalue weighted by atomic mass is 32.1. The molecular formula is C22H22N6O2S2. The fourth-order valence-corrected chi connectivity index (χ4v) is 4.21. The molecule has 0 radical (unpaired) electrons. The Bertz CT molecular complexity index is 1300. The summed E-state index contributed by atoms with van der Waals surface area (Å²) in [4.78, 5) is 13.3. The van der Waals surface area contributed by atoms with Crippen molar-refractivity contribution in [3.8, 4) is 16.3 Å². The number of ether oxygens (including phenoxy) is 1. The highest BCUT2D eigenvalue weighted by molar-refractivity contribution is 7.80. The van der Waals surface area contributed by atoms with Gasteiger partial charge in [0.25, 0.3) is 5.91 Å². The van der Waals surface area contributed by atoms with Crippen molar-refractivity contribution < 1.29 is 9.53 Å². The van der Waals surface area contributed by atoms with E-state index in [2.05, 4.69) is 25.9 Å². The van der Waals surface area contributed by atoms with Crippen LogP contribution in [0.5, 0.6) is 5.75 Å². The lowest BCUT2D eigenvalue weighted by Gasteiger charge is -2.13. The average molecular weight is 467 g/mol. The summed E-state index contributed by atoms with van der Waals surface area (Å²) >= 11 is 6.83. The molecule has 2 aromatic heterocycles. The minimum Gasteiger partial charge on any atom is -0.494 e. The number of carbonyl (C=O) groups is 1. The van der Waals surface area contributed by atoms with E-state index in [1.807, 2.05) is 39.0 Å². The van der Waals surface area contributed by atoms with E-state index in [9.17, 15) is 4.79 Å². The molecule has 0 aliphatic rings. The molecule has 0 spiro atoms. The van der Waals surface area contributed by atoms with Crippen LogP contribution in [0.25, 0.3) is 15.5 Å². The van der Waals surface area contributed by atoms with E-state index >= 15 is 0 Å². The number of carbonyl (C=O) groups excluding carboxylic acids is 1. The fourth-order valence-electron chi connectivity index (χ4n) is 3.15. The lowest BCUT2D eigenvalue weighted by Crippen LogP contribution is -2.34. The first kappa shape index (κ1) is 21.8. The van der Waals surface area contributed by atoms with Gasteiger partial charge in [0.15, 0.2) is 10.9 Å². The quantitative estimate of drug-likeness (QED) is 0.410. The Hall–Kier alpha value is -3.37. The molecule has 10 heteroatoms. The maximum Gasteiger partial charge on any atom is 0.257 e. The van der Waals surface area contributed by atoms with Gasteiger partial charge in [-0.25, -0.2) is 0 Å². The summed E-state index contributed by atoms with van der Waals surface area (Å²) in [5.74, 6) is 1.18. The van der Waals surface area contributed by atoms with Crippen molar-refractivity contribution in [1.82, 2.24) is 25.1 Å². The van der Waals surface area contributed by atoms with Crippen LogP contribution in [0.2, 0.25) is 0 Å². The van der Waals surface area contributed by atoms with Gasteiger partial charge in [0.2, 0.25) is 4.96 Å². The van der Waals surface area contributed by atoms with Gasteiger partial charge in [0.05, 0.1) is 6.61 Å². The van der Waals surface area contributed by atoms with Crippen LogP contribution in [0.1, 0.15) is 35.6 Å². The molecule has 32 heavy (non-hydrogen) atoms. The Kier molecular flexibility index (Phi) is 6.42. The van der Waals surface area contributed by atoms with E-state index in [0.717, 1.165) is 39.0 Å². The molecular weight excluding hydrogens is 444 g/mol. The number of thiocarbonyl (C=S) groups is 1. The number of hydrogen-bond acceptors (Lipinski definition) is 7. The van der Waals surface area contributed by atoms with Gasteiger partial charge in [-0.3, -0.25) is 10.1 Å². The summed E-state index contributed by atoms with van der Waals surface area (Å²) in [6.45, 7) is 6.42. The maximum atomic E-state index is 12.5. The predicted octanol–water partition coefficient (Wildman–Crippen LogP) is 4.25. The third-order valence-electron chi connectivity index (χ3n) is 4.73. The number of aryl methyl sites for hydroxylation is 2. The SMILES string of the molecule is CCOc1cccc(C(=O)NC(=S)Nc2ccc(-c3nn4c(CC)nnc4s3)cc2C)c1. The van der Waals surface area contributed by atoms with Crippen molar-refractivity contribution in [2.75, 3.05) is 11.9 Å². The van der Waals surface area contributed by atoms with Crippen LogP contribution in [0.15, 0.2) is 42.5 Å². The average Bonchev–Trinajstić information content (AvgIpc) is 3.36. The van der Waals surface area contributed by atoms with Crippen molar-refractivity contribution in [2.24, 2.45) is 0 Å². The second-order valence-corrected chi connectivity index (χ2v) is 8.33. The number of anilines is 1. The highest BCUT2D eigenvalue weighted by Crippen LogP contribution is 2.28. The van der Waals surface area contributed by atoms with Gasteiger partial charge >= 0.3 is 0 Å². The van der Waals surface area contributed by atoms with E-state index < -0.39 is 0 Å². The second-order valence-electron chi connectivity index (χ2n) is 6.97. The molecule has 164 valence electrons. The van der Waals surface area contributed by atoms with Crippen LogP contribution < -0.4 is 15.4 Å². The molecule has 0 atom stereocenters. The van der Waals surface area contributed by atoms with E-state index in [0.29, 0.717) is 17.9 Å². The van der Waals surface area contributed by atoms with E-state index in [1.54, 1.807) is 28.8 Å². The van der Waals surface area contributed by atoms with Gasteiger partial charge in [0.1, 0.15) is 10.8 Å². The second kappa shape index (κ2) is 9.41. The smallest absolute Gasteiger partial charge is 0.257 e. The monoisotopic (exact) mass is 466 g/mol. The predicted molar refractivity (Wildman–Crippen MR) is 130 cm³/mol. The highest BCUT2D eigenvalue weighted by Gasteiger charge is 2.14. The first-order chi connectivity index (χ1) is 15.5. The lowest BCUT2D eigenvalue weighted by atomic mass is 10.1. The third kappa shape index (κ3) is 4.61. The van der Waals surface area contributed by atoms with Gasteiger partial charge in [-0.15, -0.1) is 10.2 Å². The van der Waals surface area contributed by atoms with Gasteiger partial charge < -0.3 is 10.1 Å². The van der Waals surface area contributed by atoms with Gasteiger partial charge in [-0.05, 0) is 68.0 Å². The molecule has 0 aliphatic carbocycles. The number of rotatable bonds is 6. The minimum atomic E-state index is -0.301. The van der Waals surface area contributed by atoms with Crippen molar-refractivity contribution in [2.45, 2.75) is 27.2 Å². The van der Waals surface area contributed by atoms with Crippen LogP contribution in [0.4, 0.5) is 5.69 Å². The Morgan fingerprint density at radius 2 is 2.03 bits per heavy atom. The van der Waals surface area contributed by atoms with Crippen LogP contribution >= 0.6 is 23.6 Å². The molecule has 0 saturated heterocycles. The molecule has 2 aromatic carbocycles. The molecule has 0 aliphatic heterocycles. The number of hydrogen-bond donors (Lipinski definition) is 2. The van der Waals surface area contributed by atoms with Crippen molar-refractivity contribution >= 4 is 45.2 Å². The molecule has 1 amide bonds. The minimum absolute atomic E-state index is 0.221. The van der Waals surface area contributed by atoms with Gasteiger partial charge in [-0.2, -0.15) is 9.61 Å². The number of amides is 1. The Labute approximate surface area is 194 Å². The van der Waals surface area contributed by atoms with E-state index in [1.165, 1.54) is 11.3 Å². The first-order valence-corrected chi connectivity index (χ1v) is 11.4. The molecule has 4 aromatic rings. The maximum absolute atomic E-state index is 12.5. The largest absolute Gasteiger partial charge is 0.494 e. The van der Waals surface area contributed by atoms with Crippen LogP contribution in [0, 0.1) is 6.92 Å². The summed E-state index contributed by atoms with van der Waals surface area (Å²) in [5.41, 5.74) is 3.23. The Morgan fingerprint density at radius 3 is 2.78 bits per heavy atom. The van der Waals surface area contributed by atoms with Crippen LogP contribution in [-0.4, -0.2) is 37.4 Å². The Morgan fingerprint density at radius 1 is 1.19 bits per heavy atom. The molecule has 0 fully saturated rings. The summed E-state index contributed by atoms with van der Waals surface area (Å²) in [6, 6.07) is 12.9. The number of nitrogens with zero attached hydrogens (tertiary/aromatic N) is 4. The van der Waals surface area contributed by atoms with Crippen molar-refractivity contribution in [1.29, 1.82) is 0 Å². The van der Waals surface area contributed by atoms with Gasteiger partial charge in [0, 0.05) is 23.2 Å². The first-order valence-electron chi connectivity index (χ1n) is 10.2. The van der Waals surface area contributed by atoms with Crippen molar-refractivity contribution in [3.05, 3.63) is 59.4 Å². The number of benzene rings is 2. The van der Waals surface area contributed by atoms with E-state index in [4.69, 9.17) is 17.0 Å². The van der Waals surface area contributed by atoms with Crippen LogP contribution in [0.3, 0.4) is 0 Å². The molecule has 0 bridgehead atoms. The van der Waals surface area contributed by atoms with Crippen molar-refractivity contribution in [3.63, 3.8) is 0 Å². The topological polar surface area (TPSA) is 93.4 Å². The molecule has 0 unspecified atom stereocenters.